The molecule has 1 aliphatic heterocycles. The minimum Gasteiger partial charge on any atom is -0.388 e. The van der Waals surface area contributed by atoms with Crippen molar-refractivity contribution < 1.29 is 14.6 Å². The molecule has 1 aliphatic carbocycles. The fourth-order valence-electron chi connectivity index (χ4n) is 3.28. The molecule has 24 heavy (non-hydrogen) atoms. The predicted octanol–water partition coefficient (Wildman–Crippen LogP) is 1.82. The van der Waals surface area contributed by atoms with E-state index < -0.39 is 5.60 Å². The molecular weight excluding hydrogens is 306 g/mol. The summed E-state index contributed by atoms with van der Waals surface area (Å²) in [5, 5.41) is 17.0. The van der Waals surface area contributed by atoms with Gasteiger partial charge in [0.15, 0.2) is 5.96 Å². The first-order valence-corrected chi connectivity index (χ1v) is 9.66. The third kappa shape index (κ3) is 7.36. The molecule has 2 aliphatic rings. The van der Waals surface area contributed by atoms with E-state index in [2.05, 4.69) is 15.6 Å². The first kappa shape index (κ1) is 19.5. The molecule has 140 valence electrons. The lowest BCUT2D eigenvalue weighted by Crippen LogP contribution is -2.43. The number of nitrogens with one attached hydrogen (secondary N) is 2. The maximum atomic E-state index is 10.5. The summed E-state index contributed by atoms with van der Waals surface area (Å²) < 4.78 is 11.3. The Bertz CT molecular complexity index is 363. The van der Waals surface area contributed by atoms with E-state index in [1.165, 1.54) is 38.5 Å². The van der Waals surface area contributed by atoms with E-state index in [-0.39, 0.29) is 0 Å². The van der Waals surface area contributed by atoms with E-state index in [9.17, 15) is 5.11 Å². The van der Waals surface area contributed by atoms with Crippen molar-refractivity contribution in [3.8, 4) is 0 Å². The highest BCUT2D eigenvalue weighted by Crippen LogP contribution is 2.21. The van der Waals surface area contributed by atoms with Crippen molar-refractivity contribution in [2.75, 3.05) is 39.5 Å². The van der Waals surface area contributed by atoms with Crippen LogP contribution in [-0.4, -0.2) is 62.2 Å². The number of guanidine groups is 1. The lowest BCUT2D eigenvalue weighted by Gasteiger charge is -2.30. The average Bonchev–Trinajstić information content (AvgIpc) is 2.86. The predicted molar refractivity (Wildman–Crippen MR) is 96.4 cm³/mol. The van der Waals surface area contributed by atoms with Crippen LogP contribution in [0.5, 0.6) is 0 Å². The Labute approximate surface area is 146 Å². The highest BCUT2D eigenvalue weighted by atomic mass is 16.5. The Balaban J connectivity index is 1.68. The molecule has 0 atom stereocenters. The van der Waals surface area contributed by atoms with Crippen molar-refractivity contribution in [2.45, 2.75) is 70.0 Å². The largest absolute Gasteiger partial charge is 0.388 e. The molecule has 6 nitrogen and oxygen atoms in total. The number of hydrogen-bond donors (Lipinski definition) is 3. The Morgan fingerprint density at radius 2 is 1.88 bits per heavy atom. The first-order chi connectivity index (χ1) is 11.7. The molecule has 0 aromatic carbocycles. The molecule has 0 spiro atoms. The zero-order valence-electron chi connectivity index (χ0n) is 15.2. The van der Waals surface area contributed by atoms with Crippen LogP contribution >= 0.6 is 0 Å². The average molecular weight is 341 g/mol. The first-order valence-electron chi connectivity index (χ1n) is 9.66. The van der Waals surface area contributed by atoms with Crippen LogP contribution in [0, 0.1) is 0 Å². The zero-order chi connectivity index (χ0) is 17.1. The van der Waals surface area contributed by atoms with Gasteiger partial charge < -0.3 is 25.2 Å². The van der Waals surface area contributed by atoms with Gasteiger partial charge in [0.2, 0.25) is 0 Å². The highest BCUT2D eigenvalue weighted by molar-refractivity contribution is 5.79. The second-order valence-corrected chi connectivity index (χ2v) is 6.94. The van der Waals surface area contributed by atoms with Crippen molar-refractivity contribution in [1.29, 1.82) is 0 Å². The molecule has 2 fully saturated rings. The third-order valence-electron chi connectivity index (χ3n) is 4.85. The second kappa shape index (κ2) is 10.9. The van der Waals surface area contributed by atoms with Gasteiger partial charge in [-0.1, -0.05) is 25.7 Å². The van der Waals surface area contributed by atoms with Gasteiger partial charge in [0.25, 0.3) is 0 Å². The molecule has 0 bridgehead atoms. The summed E-state index contributed by atoms with van der Waals surface area (Å²) >= 11 is 0. The van der Waals surface area contributed by atoms with Crippen LogP contribution in [0.15, 0.2) is 4.99 Å². The smallest absolute Gasteiger partial charge is 0.191 e. The van der Waals surface area contributed by atoms with Crippen LogP contribution in [0.2, 0.25) is 0 Å². The third-order valence-corrected chi connectivity index (χ3v) is 4.85. The van der Waals surface area contributed by atoms with Crippen molar-refractivity contribution in [2.24, 2.45) is 4.99 Å². The molecule has 2 rings (SSSR count). The van der Waals surface area contributed by atoms with Crippen LogP contribution in [0.1, 0.15) is 58.3 Å². The topological polar surface area (TPSA) is 75.1 Å². The minimum atomic E-state index is -0.725. The Morgan fingerprint density at radius 1 is 1.17 bits per heavy atom. The van der Waals surface area contributed by atoms with Gasteiger partial charge in [-0.3, -0.25) is 4.99 Å². The SMILES string of the molecule is CCNC(=NCC1(O)CCOCC1)NCCOC1CCCCCC1. The van der Waals surface area contributed by atoms with Gasteiger partial charge in [-0.2, -0.15) is 0 Å². The summed E-state index contributed by atoms with van der Waals surface area (Å²) in [4.78, 5) is 4.54. The van der Waals surface area contributed by atoms with E-state index in [4.69, 9.17) is 9.47 Å². The second-order valence-electron chi connectivity index (χ2n) is 6.94. The summed E-state index contributed by atoms with van der Waals surface area (Å²) in [5.74, 6) is 0.752. The van der Waals surface area contributed by atoms with E-state index in [1.807, 2.05) is 6.92 Å². The Kier molecular flexibility index (Phi) is 8.84. The highest BCUT2D eigenvalue weighted by Gasteiger charge is 2.29. The van der Waals surface area contributed by atoms with E-state index in [0.29, 0.717) is 45.3 Å². The van der Waals surface area contributed by atoms with Gasteiger partial charge in [-0.15, -0.1) is 0 Å². The molecule has 0 unspecified atom stereocenters. The molecule has 0 aromatic heterocycles. The number of aliphatic imine (C=N–C) groups is 1. The number of ether oxygens (including phenoxy) is 2. The molecule has 1 saturated carbocycles. The van der Waals surface area contributed by atoms with Gasteiger partial charge in [0, 0.05) is 39.1 Å². The maximum Gasteiger partial charge on any atom is 0.191 e. The quantitative estimate of drug-likeness (QED) is 0.285. The number of hydrogen-bond acceptors (Lipinski definition) is 4. The Morgan fingerprint density at radius 3 is 2.54 bits per heavy atom. The van der Waals surface area contributed by atoms with Crippen molar-refractivity contribution >= 4 is 5.96 Å². The molecule has 1 heterocycles. The van der Waals surface area contributed by atoms with Gasteiger partial charge >= 0.3 is 0 Å². The minimum absolute atomic E-state index is 0.412. The molecule has 0 radical (unpaired) electrons. The molecule has 1 saturated heterocycles. The van der Waals surface area contributed by atoms with Crippen molar-refractivity contribution in [3.05, 3.63) is 0 Å². The summed E-state index contributed by atoms with van der Waals surface area (Å²) in [6.07, 6.45) is 9.42. The van der Waals surface area contributed by atoms with Crippen LogP contribution in [0.3, 0.4) is 0 Å². The molecule has 6 heteroatoms. The fraction of sp³-hybridized carbons (Fsp3) is 0.944. The number of aliphatic hydroxyl groups is 1. The van der Waals surface area contributed by atoms with Gasteiger partial charge in [0.1, 0.15) is 0 Å². The van der Waals surface area contributed by atoms with Crippen LogP contribution in [0.4, 0.5) is 0 Å². The van der Waals surface area contributed by atoms with Crippen LogP contribution < -0.4 is 10.6 Å². The fourth-order valence-corrected chi connectivity index (χ4v) is 3.28. The maximum absolute atomic E-state index is 10.5. The standard InChI is InChI=1S/C18H35N3O3/c1-2-19-17(21-15-18(22)9-12-23-13-10-18)20-11-14-24-16-7-5-3-4-6-8-16/h16,22H,2-15H2,1H3,(H2,19,20,21). The van der Waals surface area contributed by atoms with Gasteiger partial charge in [-0.05, 0) is 19.8 Å². The normalized spacial score (nSPS) is 22.8. The lowest BCUT2D eigenvalue weighted by atomic mass is 9.95. The van der Waals surface area contributed by atoms with E-state index >= 15 is 0 Å². The summed E-state index contributed by atoms with van der Waals surface area (Å²) in [7, 11) is 0. The summed E-state index contributed by atoms with van der Waals surface area (Å²) in [5.41, 5.74) is -0.725. The Hall–Kier alpha value is -0.850. The van der Waals surface area contributed by atoms with Crippen LogP contribution in [0.25, 0.3) is 0 Å². The summed E-state index contributed by atoms with van der Waals surface area (Å²) in [6.45, 7) is 5.93. The van der Waals surface area contributed by atoms with E-state index in [1.54, 1.807) is 0 Å². The number of rotatable bonds is 7. The van der Waals surface area contributed by atoms with Gasteiger partial charge in [0.05, 0.1) is 24.9 Å². The van der Waals surface area contributed by atoms with Crippen LogP contribution in [-0.2, 0) is 9.47 Å². The lowest BCUT2D eigenvalue weighted by molar-refractivity contribution is -0.0566. The van der Waals surface area contributed by atoms with Crippen molar-refractivity contribution in [3.63, 3.8) is 0 Å². The number of nitrogens with zero attached hydrogens (tertiary/aromatic N) is 1. The molecule has 0 aromatic rings. The molecule has 0 amide bonds. The zero-order valence-corrected chi connectivity index (χ0v) is 15.2. The molecule has 3 N–H and O–H groups in total. The van der Waals surface area contributed by atoms with Gasteiger partial charge in [-0.25, -0.2) is 0 Å². The monoisotopic (exact) mass is 341 g/mol. The van der Waals surface area contributed by atoms with Crippen molar-refractivity contribution in [1.82, 2.24) is 10.6 Å². The van der Waals surface area contributed by atoms with E-state index in [0.717, 1.165) is 19.0 Å². The summed E-state index contributed by atoms with van der Waals surface area (Å²) in [6, 6.07) is 0. The molecular formula is C18H35N3O3.